The molecule has 13 nitrogen and oxygen atoms in total. The molecule has 0 radical (unpaired) electrons. The fourth-order valence-corrected chi connectivity index (χ4v) is 12.7. The molecular weight excluding hydrogens is 1060 g/mol. The number of oxime groups is 1. The molecule has 72 heavy (non-hydrogen) atoms. The number of quaternary nitrogens is 1. The summed E-state index contributed by atoms with van der Waals surface area (Å²) in [6, 6.07) is 48.0. The van der Waals surface area contributed by atoms with Crippen LogP contribution in [0, 0.1) is 0 Å². The lowest BCUT2D eigenvalue weighted by Crippen LogP contribution is -3.00. The number of piperidine rings is 1. The molecule has 0 saturated carbocycles. The predicted octanol–water partition coefficient (Wildman–Crippen LogP) is 5.43. The lowest BCUT2D eigenvalue weighted by Gasteiger charge is -2.50. The van der Waals surface area contributed by atoms with E-state index < -0.39 is 57.9 Å². The fourth-order valence-electron chi connectivity index (χ4n) is 10.3. The standard InChI is InChI=1S/C56H56N6O7S2.HI/c1-62(33-19-7-20-34-62)36-41-38-71(66)53-48(52(64)61(53)49(41)54(65)68-50(39-22-8-2-9-23-39)40-24-10-3-11-25-40)58-51(63)47(60-69-46-32-18-21-35-67-46)45-37-70-55(57-45)59-56(42-26-12-4-13-27-42,43-28-14-5-15-29-43)44-30-16-6-17-31-44;/h2-6,8-17,22-31,37,46,48,50,53H,7,18-21,32-36,38H2,1H3,(H-,57,58,59,63);1H/t46?,48?,53-,71?;/m1./s1. The molecule has 0 spiro atoms. The minimum atomic E-state index is -1.70. The van der Waals surface area contributed by atoms with E-state index in [1.54, 1.807) is 5.38 Å². The van der Waals surface area contributed by atoms with Gasteiger partial charge in [-0.2, -0.15) is 0 Å². The Morgan fingerprint density at radius 2 is 1.38 bits per heavy atom. The summed E-state index contributed by atoms with van der Waals surface area (Å²) >= 11 is 1.29. The number of likely N-dealkylation sites (N-methyl/N-ethyl adjacent to an activating group) is 1. The average molecular weight is 1120 g/mol. The number of halogens is 1. The smallest absolute Gasteiger partial charge is 0.356 e. The van der Waals surface area contributed by atoms with E-state index >= 15 is 0 Å². The predicted molar refractivity (Wildman–Crippen MR) is 274 cm³/mol. The molecule has 372 valence electrons. The molecule has 16 heteroatoms. The fraction of sp³-hybridized carbons (Fsp3) is 0.304. The number of nitrogens with zero attached hydrogens (tertiary/aromatic N) is 4. The van der Waals surface area contributed by atoms with Crippen LogP contribution in [-0.4, -0.2) is 98.8 Å². The number of carbonyl (C=O) groups is 3. The molecule has 0 bridgehead atoms. The Bertz CT molecular complexity index is 2780. The van der Waals surface area contributed by atoms with Crippen LogP contribution >= 0.6 is 11.3 Å². The molecule has 3 unspecified atom stereocenters. The van der Waals surface area contributed by atoms with Crippen molar-refractivity contribution in [3.63, 3.8) is 0 Å². The molecule has 3 fully saturated rings. The highest BCUT2D eigenvalue weighted by atomic mass is 127. The van der Waals surface area contributed by atoms with Crippen molar-refractivity contribution in [2.75, 3.05) is 44.4 Å². The second kappa shape index (κ2) is 22.8. The van der Waals surface area contributed by atoms with Gasteiger partial charge in [-0.3, -0.25) is 18.7 Å². The van der Waals surface area contributed by atoms with Crippen molar-refractivity contribution in [2.24, 2.45) is 5.16 Å². The zero-order valence-corrected chi connectivity index (χ0v) is 43.7. The lowest BCUT2D eigenvalue weighted by molar-refractivity contribution is -0.909. The van der Waals surface area contributed by atoms with E-state index in [4.69, 9.17) is 19.3 Å². The Morgan fingerprint density at radius 3 is 1.92 bits per heavy atom. The number of amides is 2. The van der Waals surface area contributed by atoms with Crippen molar-refractivity contribution in [2.45, 2.75) is 67.9 Å². The number of ether oxygens (including phenoxy) is 2. The molecule has 10 rings (SSSR count). The van der Waals surface area contributed by atoms with Crippen LogP contribution in [0.3, 0.4) is 0 Å². The summed E-state index contributed by atoms with van der Waals surface area (Å²) in [7, 11) is 0.449. The Kier molecular flexibility index (Phi) is 16.1. The summed E-state index contributed by atoms with van der Waals surface area (Å²) in [5, 5.41) is 12.2. The molecule has 5 aromatic carbocycles. The number of likely N-dealkylation sites (tertiary alicyclic amines) is 1. The van der Waals surface area contributed by atoms with Crippen LogP contribution in [0.4, 0.5) is 5.13 Å². The molecular formula is C56H57IN6O7S2. The van der Waals surface area contributed by atoms with Gasteiger partial charge in [0.25, 0.3) is 11.8 Å². The third-order valence-electron chi connectivity index (χ3n) is 13.9. The van der Waals surface area contributed by atoms with Crippen LogP contribution in [0.2, 0.25) is 0 Å². The third-order valence-corrected chi connectivity index (χ3v) is 16.3. The number of carbonyl (C=O) groups excluding carboxylic acids is 3. The highest BCUT2D eigenvalue weighted by molar-refractivity contribution is 7.86. The number of thiazole rings is 1. The van der Waals surface area contributed by atoms with Gasteiger partial charge in [0.2, 0.25) is 6.29 Å². The van der Waals surface area contributed by atoms with Gasteiger partial charge in [-0.15, -0.1) is 11.3 Å². The first kappa shape index (κ1) is 50.9. The third kappa shape index (κ3) is 10.7. The number of esters is 1. The van der Waals surface area contributed by atoms with Crippen molar-refractivity contribution >= 4 is 50.8 Å². The molecule has 2 amide bonds. The monoisotopic (exact) mass is 1120 g/mol. The van der Waals surface area contributed by atoms with E-state index in [2.05, 4.69) is 59.2 Å². The zero-order chi connectivity index (χ0) is 48.8. The van der Waals surface area contributed by atoms with Crippen molar-refractivity contribution < 1.29 is 61.4 Å². The number of anilines is 1. The first-order valence-electron chi connectivity index (χ1n) is 24.3. The number of β-lactam (4-membered cyclic amide) rings is 1. The number of aromatic nitrogens is 1. The van der Waals surface area contributed by atoms with Gasteiger partial charge in [0.1, 0.15) is 34.9 Å². The highest BCUT2D eigenvalue weighted by Crippen LogP contribution is 2.42. The zero-order valence-electron chi connectivity index (χ0n) is 39.9. The van der Waals surface area contributed by atoms with Gasteiger partial charge < -0.3 is 53.4 Å². The number of rotatable bonds is 16. The highest BCUT2D eigenvalue weighted by Gasteiger charge is 2.58. The Hall–Kier alpha value is -6.05. The topological polar surface area (TPSA) is 149 Å². The van der Waals surface area contributed by atoms with Crippen LogP contribution in [0.15, 0.2) is 173 Å². The van der Waals surface area contributed by atoms with Crippen LogP contribution < -0.4 is 34.6 Å². The van der Waals surface area contributed by atoms with Gasteiger partial charge >= 0.3 is 5.97 Å². The first-order chi connectivity index (χ1) is 34.7. The molecule has 6 aromatic rings. The van der Waals surface area contributed by atoms with Crippen molar-refractivity contribution in [1.82, 2.24) is 15.2 Å². The van der Waals surface area contributed by atoms with Crippen molar-refractivity contribution in [1.29, 1.82) is 0 Å². The maximum Gasteiger partial charge on any atom is 0.356 e. The van der Waals surface area contributed by atoms with Gasteiger partial charge in [0.05, 0.1) is 43.3 Å². The second-order valence-electron chi connectivity index (χ2n) is 18.8. The maximum absolute atomic E-state index is 14.9. The van der Waals surface area contributed by atoms with Gasteiger partial charge in [-0.1, -0.05) is 157 Å². The van der Waals surface area contributed by atoms with E-state index in [9.17, 15) is 18.6 Å². The van der Waals surface area contributed by atoms with Crippen LogP contribution in [0.5, 0.6) is 0 Å². The molecule has 4 aliphatic heterocycles. The van der Waals surface area contributed by atoms with E-state index in [1.807, 2.05) is 115 Å². The summed E-state index contributed by atoms with van der Waals surface area (Å²) in [6.07, 6.45) is 4.04. The minimum absolute atomic E-state index is 0. The summed E-state index contributed by atoms with van der Waals surface area (Å²) in [5.74, 6) is -1.99. The van der Waals surface area contributed by atoms with Gasteiger partial charge in [0, 0.05) is 17.4 Å². The van der Waals surface area contributed by atoms with Crippen LogP contribution in [0.25, 0.3) is 0 Å². The number of hydrogen-bond acceptors (Lipinski definition) is 11. The first-order valence-corrected chi connectivity index (χ1v) is 26.6. The van der Waals surface area contributed by atoms with E-state index in [-0.39, 0.29) is 46.8 Å². The number of fused-ring (bicyclic) bond motifs is 1. The molecule has 2 N–H and O–H groups in total. The average Bonchev–Trinajstić information content (AvgIpc) is 3.88. The summed E-state index contributed by atoms with van der Waals surface area (Å²) in [4.78, 5) is 56.5. The Morgan fingerprint density at radius 1 is 0.819 bits per heavy atom. The summed E-state index contributed by atoms with van der Waals surface area (Å²) in [6.45, 7) is 2.70. The Balaban J connectivity index is 0.00000640. The quantitative estimate of drug-likeness (QED) is 0.0246. The summed E-state index contributed by atoms with van der Waals surface area (Å²) < 4.78 is 27.4. The van der Waals surface area contributed by atoms with E-state index in [1.165, 1.54) is 16.2 Å². The molecule has 4 aliphatic rings. The van der Waals surface area contributed by atoms with Crippen molar-refractivity contribution in [3.05, 3.63) is 202 Å². The van der Waals surface area contributed by atoms with E-state index in [0.717, 1.165) is 73.0 Å². The van der Waals surface area contributed by atoms with Crippen LogP contribution in [0.1, 0.15) is 78.1 Å². The Labute approximate surface area is 443 Å². The summed E-state index contributed by atoms with van der Waals surface area (Å²) in [5.41, 5.74) is 4.23. The molecule has 0 aliphatic carbocycles. The largest absolute Gasteiger partial charge is 1.00 e. The molecule has 3 saturated heterocycles. The SMILES string of the molecule is C[N+]1(CC2=C(C(=O)OC(c3ccccc3)c3ccccc3)N3C(=O)C(NC(=O)C(=NOC4CCCCO4)c4csc(NC(c5ccccc5)(c5ccccc5)c5ccccc5)n4)[C@H]3S(=O)C2)CCCCC1.[I-]. The van der Waals surface area contributed by atoms with Gasteiger partial charge in [0.15, 0.2) is 16.9 Å². The van der Waals surface area contributed by atoms with Crippen molar-refractivity contribution in [3.8, 4) is 0 Å². The maximum atomic E-state index is 14.9. The minimum Gasteiger partial charge on any atom is -1.00 e. The number of hydrogen-bond donors (Lipinski definition) is 2. The van der Waals surface area contributed by atoms with E-state index in [0.29, 0.717) is 34.8 Å². The normalized spacial score (nSPS) is 20.9. The van der Waals surface area contributed by atoms with Gasteiger partial charge in [-0.25, -0.2) is 9.78 Å². The molecule has 4 atom stereocenters. The second-order valence-corrected chi connectivity index (χ2v) is 21.2. The van der Waals surface area contributed by atoms with Crippen LogP contribution in [-0.2, 0) is 45.0 Å². The lowest BCUT2D eigenvalue weighted by atomic mass is 9.77. The molecule has 5 heterocycles. The van der Waals surface area contributed by atoms with Gasteiger partial charge in [-0.05, 0) is 59.9 Å². The number of nitrogens with one attached hydrogen (secondary N) is 2. The number of benzene rings is 5. The molecule has 1 aromatic heterocycles.